The van der Waals surface area contributed by atoms with Crippen LogP contribution in [-0.2, 0) is 4.79 Å². The van der Waals surface area contributed by atoms with Gasteiger partial charge in [-0.1, -0.05) is 29.9 Å². The maximum absolute atomic E-state index is 11.4. The molecule has 0 fully saturated rings. The summed E-state index contributed by atoms with van der Waals surface area (Å²) < 4.78 is 13.7. The maximum atomic E-state index is 11.4. The Hall–Kier alpha value is -1.99. The molecule has 0 spiro atoms. The van der Waals surface area contributed by atoms with Crippen LogP contribution < -0.4 is 9.47 Å². The molecule has 0 aliphatic carbocycles. The second kappa shape index (κ2) is 10.2. The van der Waals surface area contributed by atoms with E-state index in [1.54, 1.807) is 19.2 Å². The normalized spacial score (nSPS) is 12.0. The summed E-state index contributed by atoms with van der Waals surface area (Å²) in [5, 5.41) is 21.7. The Labute approximate surface area is 189 Å². The number of thiazole rings is 1. The molecule has 1 N–H and O–H groups in total. The van der Waals surface area contributed by atoms with Crippen LogP contribution in [0.4, 0.5) is 0 Å². The maximum Gasteiger partial charge on any atom is 0.328 e. The lowest BCUT2D eigenvalue weighted by molar-refractivity contribution is -0.141. The van der Waals surface area contributed by atoms with Gasteiger partial charge in [0.05, 0.1) is 29.3 Å². The molecule has 3 aromatic rings. The van der Waals surface area contributed by atoms with Gasteiger partial charge in [-0.2, -0.15) is 0 Å². The number of hydrogen-bond donors (Lipinski definition) is 1. The van der Waals surface area contributed by atoms with Crippen LogP contribution in [0.2, 0.25) is 5.02 Å². The van der Waals surface area contributed by atoms with Crippen LogP contribution in [0, 0.1) is 3.57 Å². The van der Waals surface area contributed by atoms with E-state index in [4.69, 9.17) is 21.1 Å². The van der Waals surface area contributed by atoms with E-state index in [-0.39, 0.29) is 0 Å². The molecule has 154 valence electrons. The SMILES string of the molecule is CCC(C(=O)O)n1nnnc1-c1cnc(OCCCOc2cc(I)ccc2Cl)s1. The van der Waals surface area contributed by atoms with Crippen molar-refractivity contribution in [2.75, 3.05) is 13.2 Å². The third kappa shape index (κ3) is 5.54. The number of carbonyl (C=O) groups is 1. The predicted molar refractivity (Wildman–Crippen MR) is 116 cm³/mol. The molecule has 0 saturated carbocycles. The summed E-state index contributed by atoms with van der Waals surface area (Å²) in [5.74, 6) is 0.00403. The first-order valence-corrected chi connectivity index (χ1v) is 10.9. The lowest BCUT2D eigenvalue weighted by Gasteiger charge is -2.10. The van der Waals surface area contributed by atoms with Crippen LogP contribution in [0.15, 0.2) is 24.4 Å². The lowest BCUT2D eigenvalue weighted by atomic mass is 10.2. The first kappa shape index (κ1) is 21.7. The molecule has 1 unspecified atom stereocenters. The summed E-state index contributed by atoms with van der Waals surface area (Å²) in [7, 11) is 0. The number of nitrogens with zero attached hydrogens (tertiary/aromatic N) is 5. The molecule has 0 bridgehead atoms. The second-order valence-corrected chi connectivity index (χ2v) is 8.47. The number of halogens is 2. The highest BCUT2D eigenvalue weighted by molar-refractivity contribution is 14.1. The van der Waals surface area contributed by atoms with E-state index in [0.29, 0.717) is 52.7 Å². The highest BCUT2D eigenvalue weighted by Crippen LogP contribution is 2.30. The highest BCUT2D eigenvalue weighted by atomic mass is 127. The molecular weight excluding hydrogens is 533 g/mol. The molecule has 1 atom stereocenters. The minimum absolute atomic E-state index is 0.350. The fourth-order valence-electron chi connectivity index (χ4n) is 2.43. The monoisotopic (exact) mass is 549 g/mol. The standard InChI is InChI=1S/C17H17ClIN5O4S/c1-2-12(16(25)26)24-15(21-22-23-24)14-9-20-17(29-14)28-7-3-6-27-13-8-10(19)4-5-11(13)18/h4-5,8-9,12H,2-3,6-7H2,1H3,(H,25,26). The van der Waals surface area contributed by atoms with Gasteiger partial charge >= 0.3 is 5.97 Å². The fraction of sp³-hybridized carbons (Fsp3) is 0.353. The minimum Gasteiger partial charge on any atom is -0.492 e. The number of benzene rings is 1. The lowest BCUT2D eigenvalue weighted by Crippen LogP contribution is -2.20. The molecule has 2 heterocycles. The average molecular weight is 550 g/mol. The second-order valence-electron chi connectivity index (χ2n) is 5.82. The molecule has 0 radical (unpaired) electrons. The molecule has 29 heavy (non-hydrogen) atoms. The number of rotatable bonds is 10. The highest BCUT2D eigenvalue weighted by Gasteiger charge is 2.24. The summed E-state index contributed by atoms with van der Waals surface area (Å²) in [6, 6.07) is 4.75. The minimum atomic E-state index is -0.991. The van der Waals surface area contributed by atoms with Gasteiger partial charge in [0.2, 0.25) is 0 Å². The Balaban J connectivity index is 1.53. The zero-order valence-electron chi connectivity index (χ0n) is 15.3. The van der Waals surface area contributed by atoms with Crippen molar-refractivity contribution in [3.63, 3.8) is 0 Å². The van der Waals surface area contributed by atoms with Gasteiger partial charge in [-0.15, -0.1) is 5.10 Å². The van der Waals surface area contributed by atoms with Gasteiger partial charge in [-0.3, -0.25) is 0 Å². The van der Waals surface area contributed by atoms with E-state index in [1.807, 2.05) is 12.1 Å². The van der Waals surface area contributed by atoms with Gasteiger partial charge < -0.3 is 14.6 Å². The Morgan fingerprint density at radius 3 is 2.93 bits per heavy atom. The number of aliphatic carboxylic acids is 1. The zero-order valence-corrected chi connectivity index (χ0v) is 19.0. The van der Waals surface area contributed by atoms with Crippen LogP contribution in [0.25, 0.3) is 10.7 Å². The van der Waals surface area contributed by atoms with Gasteiger partial charge in [0.15, 0.2) is 11.9 Å². The van der Waals surface area contributed by atoms with E-state index in [2.05, 4.69) is 43.1 Å². The molecule has 3 rings (SSSR count). The van der Waals surface area contributed by atoms with Crippen molar-refractivity contribution >= 4 is 51.5 Å². The molecule has 2 aromatic heterocycles. The van der Waals surface area contributed by atoms with Gasteiger partial charge in [0, 0.05) is 9.99 Å². The van der Waals surface area contributed by atoms with Crippen molar-refractivity contribution in [2.24, 2.45) is 0 Å². The van der Waals surface area contributed by atoms with Crippen LogP contribution in [0.5, 0.6) is 10.9 Å². The van der Waals surface area contributed by atoms with E-state index >= 15 is 0 Å². The van der Waals surface area contributed by atoms with E-state index < -0.39 is 12.0 Å². The molecule has 0 aliphatic rings. The number of carboxylic acid groups (broad SMARTS) is 1. The van der Waals surface area contributed by atoms with Gasteiger partial charge in [-0.25, -0.2) is 14.5 Å². The Morgan fingerprint density at radius 1 is 1.38 bits per heavy atom. The third-order valence-electron chi connectivity index (χ3n) is 3.83. The summed E-state index contributed by atoms with van der Waals surface area (Å²) in [6.07, 6.45) is 2.57. The average Bonchev–Trinajstić information content (AvgIpc) is 3.34. The van der Waals surface area contributed by atoms with Crippen molar-refractivity contribution in [2.45, 2.75) is 25.8 Å². The molecule has 0 saturated heterocycles. The smallest absolute Gasteiger partial charge is 0.328 e. The van der Waals surface area contributed by atoms with Crippen LogP contribution in [0.3, 0.4) is 0 Å². The van der Waals surface area contributed by atoms with Crippen molar-refractivity contribution < 1.29 is 19.4 Å². The van der Waals surface area contributed by atoms with Crippen molar-refractivity contribution in [3.05, 3.63) is 33.0 Å². The molecule has 0 amide bonds. The molecule has 1 aromatic carbocycles. The van der Waals surface area contributed by atoms with E-state index in [0.717, 1.165) is 3.57 Å². The van der Waals surface area contributed by atoms with Crippen LogP contribution >= 0.6 is 45.5 Å². The quantitative estimate of drug-likeness (QED) is 0.299. The summed E-state index contributed by atoms with van der Waals surface area (Å²) >= 11 is 9.55. The number of ether oxygens (including phenoxy) is 2. The predicted octanol–water partition coefficient (Wildman–Crippen LogP) is 3.94. The first-order valence-electron chi connectivity index (χ1n) is 8.67. The van der Waals surface area contributed by atoms with Gasteiger partial charge in [0.25, 0.3) is 5.19 Å². The first-order chi connectivity index (χ1) is 14.0. The number of hydrogen-bond acceptors (Lipinski definition) is 8. The van der Waals surface area contributed by atoms with Crippen molar-refractivity contribution in [1.82, 2.24) is 25.2 Å². The largest absolute Gasteiger partial charge is 0.492 e. The van der Waals surface area contributed by atoms with E-state index in [9.17, 15) is 9.90 Å². The Kier molecular flexibility index (Phi) is 7.61. The zero-order chi connectivity index (χ0) is 20.8. The fourth-order valence-corrected chi connectivity index (χ4v) is 3.84. The third-order valence-corrected chi connectivity index (χ3v) is 5.72. The molecule has 9 nitrogen and oxygen atoms in total. The Bertz CT molecular complexity index is 982. The van der Waals surface area contributed by atoms with Crippen molar-refractivity contribution in [3.8, 4) is 21.6 Å². The molecule has 12 heteroatoms. The summed E-state index contributed by atoms with van der Waals surface area (Å²) in [6.45, 7) is 2.62. The Morgan fingerprint density at radius 2 is 2.17 bits per heavy atom. The van der Waals surface area contributed by atoms with Crippen LogP contribution in [-0.4, -0.2) is 49.5 Å². The summed E-state index contributed by atoms with van der Waals surface area (Å²) in [5.41, 5.74) is 0. The molecule has 0 aliphatic heterocycles. The summed E-state index contributed by atoms with van der Waals surface area (Å²) in [4.78, 5) is 16.2. The number of carboxylic acids is 1. The van der Waals surface area contributed by atoms with Gasteiger partial charge in [0.1, 0.15) is 5.75 Å². The van der Waals surface area contributed by atoms with Crippen LogP contribution in [0.1, 0.15) is 25.8 Å². The molecular formula is C17H17ClIN5O4S. The van der Waals surface area contributed by atoms with E-state index in [1.165, 1.54) is 16.0 Å². The number of tetrazole rings is 1. The topological polar surface area (TPSA) is 112 Å². The van der Waals surface area contributed by atoms with Gasteiger partial charge in [-0.05, 0) is 57.6 Å². The number of aromatic nitrogens is 5. The van der Waals surface area contributed by atoms with Crippen molar-refractivity contribution in [1.29, 1.82) is 0 Å².